The molecule has 0 saturated carbocycles. The Morgan fingerprint density at radius 1 is 1.00 bits per heavy atom. The zero-order chi connectivity index (χ0) is 15.1. The Hall–Kier alpha value is -2.28. The van der Waals surface area contributed by atoms with Crippen molar-refractivity contribution < 1.29 is 5.11 Å². The molecule has 1 heteroatoms. The largest absolute Gasteiger partial charge is 0.508 e. The van der Waals surface area contributed by atoms with Crippen molar-refractivity contribution in [1.82, 2.24) is 0 Å². The number of benzene rings is 2. The Morgan fingerprint density at radius 3 is 2.29 bits per heavy atom. The number of rotatable bonds is 5. The normalized spacial score (nSPS) is 12.0. The second-order valence-corrected chi connectivity index (χ2v) is 5.25. The number of phenols is 1. The number of aryl methyl sites for hydroxylation is 1. The lowest BCUT2D eigenvalue weighted by atomic mass is 10.1. The van der Waals surface area contributed by atoms with E-state index >= 15 is 0 Å². The molecule has 108 valence electrons. The fourth-order valence-electron chi connectivity index (χ4n) is 2.21. The van der Waals surface area contributed by atoms with E-state index in [0.29, 0.717) is 5.75 Å². The molecule has 0 aliphatic rings. The van der Waals surface area contributed by atoms with Crippen molar-refractivity contribution in [2.45, 2.75) is 26.7 Å². The van der Waals surface area contributed by atoms with Crippen molar-refractivity contribution in [2.24, 2.45) is 0 Å². The van der Waals surface area contributed by atoms with Crippen LogP contribution < -0.4 is 0 Å². The molecule has 0 aliphatic heterocycles. The summed E-state index contributed by atoms with van der Waals surface area (Å²) in [5.74, 6) is 0.300. The van der Waals surface area contributed by atoms with Gasteiger partial charge < -0.3 is 5.11 Å². The average molecular weight is 278 g/mol. The molecule has 2 aromatic carbocycles. The molecule has 21 heavy (non-hydrogen) atoms. The number of phenolic OH excluding ortho intramolecular Hbond substituents is 1. The molecule has 0 aliphatic carbocycles. The number of aromatic hydroxyl groups is 1. The van der Waals surface area contributed by atoms with E-state index in [2.05, 4.69) is 56.3 Å². The molecule has 0 unspecified atom stereocenters. The molecule has 0 fully saturated rings. The Balaban J connectivity index is 2.03. The van der Waals surface area contributed by atoms with Gasteiger partial charge in [-0.15, -0.1) is 0 Å². The van der Waals surface area contributed by atoms with Crippen LogP contribution in [-0.4, -0.2) is 5.11 Å². The van der Waals surface area contributed by atoms with Gasteiger partial charge >= 0.3 is 0 Å². The van der Waals surface area contributed by atoms with Crippen LogP contribution in [0.25, 0.3) is 11.6 Å². The lowest BCUT2D eigenvalue weighted by Crippen LogP contribution is -1.82. The van der Waals surface area contributed by atoms with E-state index in [1.54, 1.807) is 12.1 Å². The Bertz CT molecular complexity index is 616. The molecule has 0 spiro atoms. The third kappa shape index (κ3) is 4.64. The van der Waals surface area contributed by atoms with E-state index in [0.717, 1.165) is 12.0 Å². The van der Waals surface area contributed by atoms with E-state index in [4.69, 9.17) is 0 Å². The van der Waals surface area contributed by atoms with E-state index < -0.39 is 0 Å². The van der Waals surface area contributed by atoms with Gasteiger partial charge in [0.15, 0.2) is 0 Å². The van der Waals surface area contributed by atoms with E-state index in [-0.39, 0.29) is 0 Å². The minimum atomic E-state index is 0.300. The minimum Gasteiger partial charge on any atom is -0.508 e. The van der Waals surface area contributed by atoms with Gasteiger partial charge in [0.2, 0.25) is 0 Å². The van der Waals surface area contributed by atoms with Crippen LogP contribution >= 0.6 is 0 Å². The monoisotopic (exact) mass is 278 g/mol. The van der Waals surface area contributed by atoms with Crippen LogP contribution in [0, 0.1) is 0 Å². The molecule has 0 bridgehead atoms. The highest BCUT2D eigenvalue weighted by atomic mass is 16.3. The second kappa shape index (κ2) is 7.49. The van der Waals surface area contributed by atoms with Crippen LogP contribution in [0.2, 0.25) is 0 Å². The SMILES string of the molecule is CCCc1ccc(C=CC=C(C)c2ccc(O)cc2)cc1. The maximum atomic E-state index is 9.29. The maximum Gasteiger partial charge on any atom is 0.115 e. The summed E-state index contributed by atoms with van der Waals surface area (Å²) in [6.45, 7) is 4.27. The second-order valence-electron chi connectivity index (χ2n) is 5.25. The maximum absolute atomic E-state index is 9.29. The number of allylic oxidation sites excluding steroid dienone is 3. The molecule has 1 nitrogen and oxygen atoms in total. The number of hydrogen-bond acceptors (Lipinski definition) is 1. The van der Waals surface area contributed by atoms with E-state index in [9.17, 15) is 5.11 Å². The van der Waals surface area contributed by atoms with Gasteiger partial charge in [0.05, 0.1) is 0 Å². The fraction of sp³-hybridized carbons (Fsp3) is 0.200. The van der Waals surface area contributed by atoms with Crippen LogP contribution in [0.5, 0.6) is 5.75 Å². The van der Waals surface area contributed by atoms with Crippen molar-refractivity contribution in [1.29, 1.82) is 0 Å². The molecule has 0 amide bonds. The highest BCUT2D eigenvalue weighted by Gasteiger charge is 1.94. The van der Waals surface area contributed by atoms with Gasteiger partial charge in [-0.25, -0.2) is 0 Å². The Kier molecular flexibility index (Phi) is 5.39. The van der Waals surface area contributed by atoms with Gasteiger partial charge in [-0.3, -0.25) is 0 Å². The Morgan fingerprint density at radius 2 is 1.67 bits per heavy atom. The first-order valence-electron chi connectivity index (χ1n) is 7.42. The predicted octanol–water partition coefficient (Wildman–Crippen LogP) is 5.46. The first kappa shape index (κ1) is 15.1. The van der Waals surface area contributed by atoms with Gasteiger partial charge in [0.25, 0.3) is 0 Å². The van der Waals surface area contributed by atoms with Crippen molar-refractivity contribution in [2.75, 3.05) is 0 Å². The topological polar surface area (TPSA) is 20.2 Å². The summed E-state index contributed by atoms with van der Waals surface area (Å²) in [5, 5.41) is 9.29. The molecule has 2 rings (SSSR count). The molecule has 0 radical (unpaired) electrons. The van der Waals surface area contributed by atoms with Gasteiger partial charge in [-0.2, -0.15) is 0 Å². The van der Waals surface area contributed by atoms with Crippen LogP contribution in [0.15, 0.2) is 60.7 Å². The molecule has 0 saturated heterocycles. The molecule has 0 heterocycles. The quantitative estimate of drug-likeness (QED) is 0.720. The first-order chi connectivity index (χ1) is 10.2. The summed E-state index contributed by atoms with van der Waals surface area (Å²) in [4.78, 5) is 0. The lowest BCUT2D eigenvalue weighted by molar-refractivity contribution is 0.475. The summed E-state index contributed by atoms with van der Waals surface area (Å²) in [7, 11) is 0. The predicted molar refractivity (Wildman–Crippen MR) is 91.2 cm³/mol. The third-order valence-electron chi connectivity index (χ3n) is 3.48. The molecular formula is C20H22O. The zero-order valence-electron chi connectivity index (χ0n) is 12.7. The van der Waals surface area contributed by atoms with Gasteiger partial charge in [-0.1, -0.05) is 68.0 Å². The Labute approximate surface area is 127 Å². The van der Waals surface area contributed by atoms with Crippen molar-refractivity contribution in [3.05, 3.63) is 77.4 Å². The van der Waals surface area contributed by atoms with Crippen LogP contribution in [0.3, 0.4) is 0 Å². The molecular weight excluding hydrogens is 256 g/mol. The molecule has 1 N–H and O–H groups in total. The zero-order valence-corrected chi connectivity index (χ0v) is 12.7. The molecule has 0 atom stereocenters. The molecule has 2 aromatic rings. The lowest BCUT2D eigenvalue weighted by Gasteiger charge is -2.01. The van der Waals surface area contributed by atoms with Crippen LogP contribution in [0.1, 0.15) is 37.0 Å². The van der Waals surface area contributed by atoms with Crippen molar-refractivity contribution in [3.8, 4) is 5.75 Å². The minimum absolute atomic E-state index is 0.300. The average Bonchev–Trinajstić information content (AvgIpc) is 2.50. The first-order valence-corrected chi connectivity index (χ1v) is 7.42. The highest BCUT2D eigenvalue weighted by Crippen LogP contribution is 2.17. The fourth-order valence-corrected chi connectivity index (χ4v) is 2.21. The van der Waals surface area contributed by atoms with Crippen molar-refractivity contribution >= 4 is 11.6 Å². The molecule has 0 aromatic heterocycles. The summed E-state index contributed by atoms with van der Waals surface area (Å²) in [6, 6.07) is 16.0. The summed E-state index contributed by atoms with van der Waals surface area (Å²) < 4.78 is 0. The smallest absolute Gasteiger partial charge is 0.115 e. The van der Waals surface area contributed by atoms with Gasteiger partial charge in [-0.05, 0) is 47.7 Å². The summed E-state index contributed by atoms with van der Waals surface area (Å²) >= 11 is 0. The summed E-state index contributed by atoms with van der Waals surface area (Å²) in [6.07, 6.45) is 8.59. The van der Waals surface area contributed by atoms with Gasteiger partial charge in [0, 0.05) is 0 Å². The third-order valence-corrected chi connectivity index (χ3v) is 3.48. The van der Waals surface area contributed by atoms with Crippen molar-refractivity contribution in [3.63, 3.8) is 0 Å². The number of hydrogen-bond donors (Lipinski definition) is 1. The van der Waals surface area contributed by atoms with E-state index in [1.807, 2.05) is 12.1 Å². The van der Waals surface area contributed by atoms with Gasteiger partial charge in [0.1, 0.15) is 5.75 Å². The van der Waals surface area contributed by atoms with Crippen LogP contribution in [0.4, 0.5) is 0 Å². The summed E-state index contributed by atoms with van der Waals surface area (Å²) in [5.41, 5.74) is 4.90. The highest BCUT2D eigenvalue weighted by molar-refractivity contribution is 5.67. The standard InChI is InChI=1S/C20H22O/c1-3-5-17-8-10-18(11-9-17)7-4-6-16(2)19-12-14-20(21)15-13-19/h4,6-15,21H,3,5H2,1-2H3. The van der Waals surface area contributed by atoms with Crippen LogP contribution in [-0.2, 0) is 6.42 Å². The van der Waals surface area contributed by atoms with E-state index in [1.165, 1.54) is 23.1 Å².